The molecule has 0 heterocycles. The van der Waals surface area contributed by atoms with Gasteiger partial charge < -0.3 is 14.6 Å². The molecule has 64 valence electrons. The summed E-state index contributed by atoms with van der Waals surface area (Å²) in [5.41, 5.74) is -1.06. The molecular weight excluding hydrogens is 144 g/mol. The molecule has 0 radical (unpaired) electrons. The zero-order chi connectivity index (χ0) is 8.74. The highest BCUT2D eigenvalue weighted by Crippen LogP contribution is 2.06. The van der Waals surface area contributed by atoms with E-state index in [9.17, 15) is 5.11 Å². The second kappa shape index (κ2) is 5.14. The minimum Gasteiger partial charge on any atom is -0.378 e. The summed E-state index contributed by atoms with van der Waals surface area (Å²) in [4.78, 5) is 0. The second-order valence-electron chi connectivity index (χ2n) is 2.48. The zero-order valence-electron chi connectivity index (χ0n) is 6.96. The van der Waals surface area contributed by atoms with Gasteiger partial charge in [0.1, 0.15) is 12.4 Å². The van der Waals surface area contributed by atoms with Crippen LogP contribution in [0.5, 0.6) is 0 Å². The molecule has 1 N–H and O–H groups in total. The third-order valence-electron chi connectivity index (χ3n) is 1.25. The minimum atomic E-state index is -1.06. The molecule has 1 unspecified atom stereocenters. The Hall–Kier alpha value is -0.560. The minimum absolute atomic E-state index is 0.237. The Kier molecular flexibility index (Phi) is 4.88. The maximum atomic E-state index is 9.27. The Morgan fingerprint density at radius 1 is 1.64 bits per heavy atom. The fourth-order valence-electron chi connectivity index (χ4n) is 0.485. The lowest BCUT2D eigenvalue weighted by molar-refractivity contribution is -0.0448. The number of ether oxygens (including phenoxy) is 2. The van der Waals surface area contributed by atoms with Crippen LogP contribution in [-0.4, -0.2) is 31.2 Å². The maximum absolute atomic E-state index is 9.27. The number of rotatable bonds is 5. The van der Waals surface area contributed by atoms with E-state index in [1.165, 1.54) is 0 Å². The average molecular weight is 158 g/mol. The standard InChI is InChI=1S/C8H14O3/c1-4-8(2,9)5-6-11-7-10-3/h1,9H,5-7H2,2-3H3. The normalized spacial score (nSPS) is 15.5. The van der Waals surface area contributed by atoms with Crippen LogP contribution in [0.15, 0.2) is 0 Å². The van der Waals surface area contributed by atoms with Crippen LogP contribution in [0.3, 0.4) is 0 Å². The van der Waals surface area contributed by atoms with Crippen LogP contribution in [0.2, 0.25) is 0 Å². The van der Waals surface area contributed by atoms with Gasteiger partial charge in [-0.05, 0) is 6.92 Å². The first-order chi connectivity index (χ1) is 5.12. The van der Waals surface area contributed by atoms with E-state index in [4.69, 9.17) is 11.2 Å². The van der Waals surface area contributed by atoms with E-state index in [1.807, 2.05) is 0 Å². The van der Waals surface area contributed by atoms with Crippen LogP contribution in [-0.2, 0) is 9.47 Å². The van der Waals surface area contributed by atoms with Crippen molar-refractivity contribution in [2.24, 2.45) is 0 Å². The van der Waals surface area contributed by atoms with Crippen molar-refractivity contribution in [2.75, 3.05) is 20.5 Å². The fourth-order valence-corrected chi connectivity index (χ4v) is 0.485. The highest BCUT2D eigenvalue weighted by Gasteiger charge is 2.15. The average Bonchev–Trinajstić information content (AvgIpc) is 1.99. The van der Waals surface area contributed by atoms with Gasteiger partial charge in [-0.2, -0.15) is 0 Å². The molecule has 0 aliphatic heterocycles. The summed E-state index contributed by atoms with van der Waals surface area (Å²) in [5.74, 6) is 2.25. The van der Waals surface area contributed by atoms with Gasteiger partial charge in [-0.15, -0.1) is 6.42 Å². The third kappa shape index (κ3) is 5.86. The van der Waals surface area contributed by atoms with Crippen LogP contribution >= 0.6 is 0 Å². The Morgan fingerprint density at radius 3 is 2.73 bits per heavy atom. The molecule has 0 rings (SSSR count). The van der Waals surface area contributed by atoms with Gasteiger partial charge in [0, 0.05) is 13.5 Å². The monoisotopic (exact) mass is 158 g/mol. The van der Waals surface area contributed by atoms with Crippen molar-refractivity contribution in [2.45, 2.75) is 18.9 Å². The molecule has 1 atom stereocenters. The Balaban J connectivity index is 3.32. The molecule has 0 saturated carbocycles. The molecule has 0 saturated heterocycles. The first-order valence-corrected chi connectivity index (χ1v) is 3.39. The van der Waals surface area contributed by atoms with Gasteiger partial charge in [0.15, 0.2) is 0 Å². The lowest BCUT2D eigenvalue weighted by Crippen LogP contribution is -2.23. The van der Waals surface area contributed by atoms with Crippen molar-refractivity contribution < 1.29 is 14.6 Å². The van der Waals surface area contributed by atoms with Crippen molar-refractivity contribution in [3.8, 4) is 12.3 Å². The maximum Gasteiger partial charge on any atom is 0.146 e. The Bertz CT molecular complexity index is 135. The molecule has 0 fully saturated rings. The van der Waals surface area contributed by atoms with Crippen LogP contribution < -0.4 is 0 Å². The van der Waals surface area contributed by atoms with Crippen LogP contribution in [0.1, 0.15) is 13.3 Å². The summed E-state index contributed by atoms with van der Waals surface area (Å²) >= 11 is 0. The van der Waals surface area contributed by atoms with Crippen LogP contribution in [0, 0.1) is 12.3 Å². The van der Waals surface area contributed by atoms with Gasteiger partial charge in [0.25, 0.3) is 0 Å². The molecule has 0 aromatic carbocycles. The SMILES string of the molecule is C#CC(C)(O)CCOCOC. The molecule has 0 amide bonds. The first kappa shape index (κ1) is 10.4. The number of hydrogen-bond acceptors (Lipinski definition) is 3. The quantitative estimate of drug-likeness (QED) is 0.357. The second-order valence-corrected chi connectivity index (χ2v) is 2.48. The van der Waals surface area contributed by atoms with Gasteiger partial charge in [-0.1, -0.05) is 5.92 Å². The van der Waals surface area contributed by atoms with Gasteiger partial charge in [0.2, 0.25) is 0 Å². The lowest BCUT2D eigenvalue weighted by Gasteiger charge is -2.15. The summed E-state index contributed by atoms with van der Waals surface area (Å²) in [6.07, 6.45) is 5.46. The highest BCUT2D eigenvalue weighted by molar-refractivity contribution is 5.03. The zero-order valence-corrected chi connectivity index (χ0v) is 6.96. The largest absolute Gasteiger partial charge is 0.378 e. The van der Waals surface area contributed by atoms with Gasteiger partial charge >= 0.3 is 0 Å². The van der Waals surface area contributed by atoms with Crippen LogP contribution in [0.25, 0.3) is 0 Å². The predicted molar refractivity (Wildman–Crippen MR) is 41.9 cm³/mol. The molecule has 3 nitrogen and oxygen atoms in total. The number of terminal acetylenes is 1. The van der Waals surface area contributed by atoms with Crippen molar-refractivity contribution in [1.29, 1.82) is 0 Å². The van der Waals surface area contributed by atoms with Gasteiger partial charge in [-0.3, -0.25) is 0 Å². The van der Waals surface area contributed by atoms with Crippen molar-refractivity contribution in [3.63, 3.8) is 0 Å². The van der Waals surface area contributed by atoms with Crippen LogP contribution in [0.4, 0.5) is 0 Å². The smallest absolute Gasteiger partial charge is 0.146 e. The van der Waals surface area contributed by atoms with E-state index >= 15 is 0 Å². The fraction of sp³-hybridized carbons (Fsp3) is 0.750. The van der Waals surface area contributed by atoms with E-state index < -0.39 is 5.60 Å². The lowest BCUT2D eigenvalue weighted by atomic mass is 10.1. The van der Waals surface area contributed by atoms with E-state index in [0.29, 0.717) is 13.0 Å². The molecule has 0 bridgehead atoms. The molecule has 11 heavy (non-hydrogen) atoms. The van der Waals surface area contributed by atoms with Crippen molar-refractivity contribution in [3.05, 3.63) is 0 Å². The third-order valence-corrected chi connectivity index (χ3v) is 1.25. The summed E-state index contributed by atoms with van der Waals surface area (Å²) in [5, 5.41) is 9.27. The first-order valence-electron chi connectivity index (χ1n) is 3.39. The summed E-state index contributed by atoms with van der Waals surface area (Å²) in [6.45, 7) is 2.22. The van der Waals surface area contributed by atoms with E-state index in [0.717, 1.165) is 0 Å². The molecule has 0 spiro atoms. The van der Waals surface area contributed by atoms with E-state index in [1.54, 1.807) is 14.0 Å². The summed E-state index contributed by atoms with van der Waals surface area (Å²) in [6, 6.07) is 0. The molecule has 0 aliphatic carbocycles. The Labute approximate surface area is 67.3 Å². The van der Waals surface area contributed by atoms with Gasteiger partial charge in [0.05, 0.1) is 6.61 Å². The topological polar surface area (TPSA) is 38.7 Å². The number of hydrogen-bond donors (Lipinski definition) is 1. The molecule has 0 aromatic rings. The molecule has 0 aliphatic rings. The van der Waals surface area contributed by atoms with Crippen molar-refractivity contribution >= 4 is 0 Å². The number of aliphatic hydroxyl groups is 1. The predicted octanol–water partition coefficient (Wildman–Crippen LogP) is 0.381. The number of methoxy groups -OCH3 is 1. The van der Waals surface area contributed by atoms with Crippen molar-refractivity contribution in [1.82, 2.24) is 0 Å². The summed E-state index contributed by atoms with van der Waals surface area (Å²) < 4.78 is 9.58. The van der Waals surface area contributed by atoms with Gasteiger partial charge in [-0.25, -0.2) is 0 Å². The Morgan fingerprint density at radius 2 is 2.27 bits per heavy atom. The molecule has 3 heteroatoms. The highest BCUT2D eigenvalue weighted by atomic mass is 16.7. The van der Waals surface area contributed by atoms with E-state index in [-0.39, 0.29) is 6.79 Å². The molecular formula is C8H14O3. The molecule has 0 aromatic heterocycles. The van der Waals surface area contributed by atoms with E-state index in [2.05, 4.69) is 10.7 Å². The summed E-state index contributed by atoms with van der Waals surface area (Å²) in [7, 11) is 1.54.